The molecular formula is C16H22N2O5S. The second kappa shape index (κ2) is 8.79. The number of carbonyl (C=O) groups is 2. The van der Waals surface area contributed by atoms with Gasteiger partial charge >= 0.3 is 0 Å². The molecular weight excluding hydrogens is 332 g/mol. The van der Waals surface area contributed by atoms with Crippen LogP contribution >= 0.6 is 11.8 Å². The summed E-state index contributed by atoms with van der Waals surface area (Å²) in [6.45, 7) is 0.847. The minimum absolute atomic E-state index is 0.000574. The van der Waals surface area contributed by atoms with Crippen LogP contribution in [-0.2, 0) is 14.3 Å². The summed E-state index contributed by atoms with van der Waals surface area (Å²) in [5.74, 6) is 1.38. The number of nitrogens with one attached hydrogen (secondary N) is 1. The van der Waals surface area contributed by atoms with Crippen LogP contribution in [0.15, 0.2) is 18.2 Å². The van der Waals surface area contributed by atoms with Gasteiger partial charge in [-0.1, -0.05) is 0 Å². The molecule has 0 spiro atoms. The van der Waals surface area contributed by atoms with Crippen molar-refractivity contribution in [2.45, 2.75) is 5.37 Å². The fraction of sp³-hybridized carbons (Fsp3) is 0.500. The zero-order valence-electron chi connectivity index (χ0n) is 14.0. The average Bonchev–Trinajstić information content (AvgIpc) is 2.95. The van der Waals surface area contributed by atoms with E-state index in [0.29, 0.717) is 30.4 Å². The van der Waals surface area contributed by atoms with Gasteiger partial charge in [-0.15, -0.1) is 11.8 Å². The third-order valence-corrected chi connectivity index (χ3v) is 4.85. The maximum absolute atomic E-state index is 12.2. The molecule has 1 aromatic rings. The van der Waals surface area contributed by atoms with E-state index in [1.807, 2.05) is 6.07 Å². The maximum atomic E-state index is 12.2. The second-order valence-corrected chi connectivity index (χ2v) is 6.20. The molecule has 0 aromatic heterocycles. The Kier molecular flexibility index (Phi) is 6.74. The SMILES string of the molecule is COCCNC(=O)CN1C(=O)CSC1c1cc(OC)ccc1OC. The molecule has 0 aliphatic carbocycles. The predicted octanol–water partition coefficient (Wildman–Crippen LogP) is 1.04. The van der Waals surface area contributed by atoms with Gasteiger partial charge in [-0.2, -0.15) is 0 Å². The van der Waals surface area contributed by atoms with Crippen molar-refractivity contribution in [2.24, 2.45) is 0 Å². The highest BCUT2D eigenvalue weighted by Gasteiger charge is 2.35. The van der Waals surface area contributed by atoms with Crippen molar-refractivity contribution in [3.63, 3.8) is 0 Å². The van der Waals surface area contributed by atoms with Crippen LogP contribution in [0.5, 0.6) is 11.5 Å². The molecule has 1 fully saturated rings. The largest absolute Gasteiger partial charge is 0.497 e. The number of rotatable bonds is 8. The Labute approximate surface area is 145 Å². The highest BCUT2D eigenvalue weighted by atomic mass is 32.2. The smallest absolute Gasteiger partial charge is 0.239 e. The lowest BCUT2D eigenvalue weighted by Gasteiger charge is -2.25. The summed E-state index contributed by atoms with van der Waals surface area (Å²) in [5.41, 5.74) is 0.817. The van der Waals surface area contributed by atoms with E-state index in [-0.39, 0.29) is 23.7 Å². The van der Waals surface area contributed by atoms with Gasteiger partial charge < -0.3 is 24.4 Å². The lowest BCUT2D eigenvalue weighted by molar-refractivity contribution is -0.133. The molecule has 1 aliphatic rings. The molecule has 0 saturated carbocycles. The van der Waals surface area contributed by atoms with Gasteiger partial charge in [0, 0.05) is 19.2 Å². The number of benzene rings is 1. The van der Waals surface area contributed by atoms with Crippen LogP contribution in [0.2, 0.25) is 0 Å². The van der Waals surface area contributed by atoms with E-state index in [2.05, 4.69) is 5.32 Å². The molecule has 0 bridgehead atoms. The summed E-state index contributed by atoms with van der Waals surface area (Å²) in [4.78, 5) is 25.8. The first kappa shape index (κ1) is 18.4. The maximum Gasteiger partial charge on any atom is 0.239 e. The average molecular weight is 354 g/mol. The van der Waals surface area contributed by atoms with Crippen molar-refractivity contribution in [3.8, 4) is 11.5 Å². The molecule has 7 nitrogen and oxygen atoms in total. The fourth-order valence-corrected chi connectivity index (χ4v) is 3.62. The Morgan fingerprint density at radius 2 is 2.12 bits per heavy atom. The number of hydrogen-bond acceptors (Lipinski definition) is 6. The zero-order valence-corrected chi connectivity index (χ0v) is 14.9. The minimum atomic E-state index is -0.282. The Morgan fingerprint density at radius 1 is 1.33 bits per heavy atom. The van der Waals surface area contributed by atoms with E-state index < -0.39 is 0 Å². The molecule has 132 valence electrons. The van der Waals surface area contributed by atoms with Crippen molar-refractivity contribution in [1.82, 2.24) is 10.2 Å². The lowest BCUT2D eigenvalue weighted by atomic mass is 10.1. The number of methoxy groups -OCH3 is 3. The summed E-state index contributed by atoms with van der Waals surface area (Å²) in [5, 5.41) is 2.45. The van der Waals surface area contributed by atoms with Gasteiger partial charge in [0.05, 0.1) is 26.6 Å². The normalized spacial score (nSPS) is 17.0. The zero-order chi connectivity index (χ0) is 17.5. The number of thioether (sulfide) groups is 1. The van der Waals surface area contributed by atoms with E-state index >= 15 is 0 Å². The Bertz CT molecular complexity index is 596. The van der Waals surface area contributed by atoms with Crippen molar-refractivity contribution in [3.05, 3.63) is 23.8 Å². The number of nitrogens with zero attached hydrogens (tertiary/aromatic N) is 1. The van der Waals surface area contributed by atoms with Gasteiger partial charge in [0.2, 0.25) is 11.8 Å². The molecule has 1 aromatic carbocycles. The van der Waals surface area contributed by atoms with Crippen LogP contribution in [0.1, 0.15) is 10.9 Å². The number of ether oxygens (including phenoxy) is 3. The van der Waals surface area contributed by atoms with E-state index in [0.717, 1.165) is 5.56 Å². The van der Waals surface area contributed by atoms with E-state index in [9.17, 15) is 9.59 Å². The number of hydrogen-bond donors (Lipinski definition) is 1. The molecule has 1 unspecified atom stereocenters. The van der Waals surface area contributed by atoms with Gasteiger partial charge in [0.15, 0.2) is 0 Å². The first-order valence-electron chi connectivity index (χ1n) is 7.49. The quantitative estimate of drug-likeness (QED) is 0.703. The molecule has 1 aliphatic heterocycles. The number of amides is 2. The molecule has 1 atom stereocenters. The molecule has 2 amide bonds. The van der Waals surface area contributed by atoms with Crippen LogP contribution in [0.25, 0.3) is 0 Å². The Morgan fingerprint density at radius 3 is 2.79 bits per heavy atom. The first-order chi connectivity index (χ1) is 11.6. The monoisotopic (exact) mass is 354 g/mol. The first-order valence-corrected chi connectivity index (χ1v) is 8.54. The van der Waals surface area contributed by atoms with Crippen molar-refractivity contribution in [1.29, 1.82) is 0 Å². The summed E-state index contributed by atoms with van der Waals surface area (Å²) in [6, 6.07) is 5.44. The summed E-state index contributed by atoms with van der Waals surface area (Å²) in [7, 11) is 4.73. The molecule has 1 N–H and O–H groups in total. The molecule has 24 heavy (non-hydrogen) atoms. The van der Waals surface area contributed by atoms with E-state index in [1.165, 1.54) is 11.8 Å². The van der Waals surface area contributed by atoms with Gasteiger partial charge in [-0.3, -0.25) is 9.59 Å². The van der Waals surface area contributed by atoms with Crippen LogP contribution in [0.3, 0.4) is 0 Å². The van der Waals surface area contributed by atoms with Gasteiger partial charge in [-0.25, -0.2) is 0 Å². The summed E-state index contributed by atoms with van der Waals surface area (Å²) >= 11 is 1.47. The van der Waals surface area contributed by atoms with E-state index in [1.54, 1.807) is 38.4 Å². The Balaban J connectivity index is 2.16. The van der Waals surface area contributed by atoms with E-state index in [4.69, 9.17) is 14.2 Å². The predicted molar refractivity (Wildman–Crippen MR) is 91.3 cm³/mol. The van der Waals surface area contributed by atoms with Gasteiger partial charge in [0.1, 0.15) is 23.4 Å². The fourth-order valence-electron chi connectivity index (χ4n) is 2.42. The van der Waals surface area contributed by atoms with Crippen molar-refractivity contribution >= 4 is 23.6 Å². The topological polar surface area (TPSA) is 77.1 Å². The summed E-state index contributed by atoms with van der Waals surface area (Å²) < 4.78 is 15.6. The Hall–Kier alpha value is -1.93. The van der Waals surface area contributed by atoms with Gasteiger partial charge in [-0.05, 0) is 18.2 Å². The molecule has 1 heterocycles. The van der Waals surface area contributed by atoms with Crippen molar-refractivity contribution in [2.75, 3.05) is 46.8 Å². The third-order valence-electron chi connectivity index (χ3n) is 3.61. The van der Waals surface area contributed by atoms with Crippen molar-refractivity contribution < 1.29 is 23.8 Å². The highest BCUT2D eigenvalue weighted by molar-refractivity contribution is 8.00. The van der Waals surface area contributed by atoms with Crippen LogP contribution in [0.4, 0.5) is 0 Å². The molecule has 2 rings (SSSR count). The van der Waals surface area contributed by atoms with Crippen LogP contribution in [-0.4, -0.2) is 63.5 Å². The molecule has 8 heteroatoms. The number of carbonyl (C=O) groups excluding carboxylic acids is 2. The third kappa shape index (κ3) is 4.33. The molecule has 0 radical (unpaired) electrons. The lowest BCUT2D eigenvalue weighted by Crippen LogP contribution is -2.40. The second-order valence-electron chi connectivity index (χ2n) is 5.14. The standard InChI is InChI=1S/C16H22N2O5S/c1-21-7-6-17-14(19)9-18-15(20)10-24-16(18)12-8-11(22-2)4-5-13(12)23-3/h4-5,8,16H,6-7,9-10H2,1-3H3,(H,17,19). The van der Waals surface area contributed by atoms with Gasteiger partial charge in [0.25, 0.3) is 0 Å². The highest BCUT2D eigenvalue weighted by Crippen LogP contribution is 2.43. The summed E-state index contributed by atoms with van der Waals surface area (Å²) in [6.07, 6.45) is 0. The van der Waals surface area contributed by atoms with Crippen LogP contribution < -0.4 is 14.8 Å². The van der Waals surface area contributed by atoms with Crippen LogP contribution in [0, 0.1) is 0 Å². The molecule has 1 saturated heterocycles. The minimum Gasteiger partial charge on any atom is -0.497 e.